The Kier molecular flexibility index (Phi) is 6.01. The van der Waals surface area contributed by atoms with Gasteiger partial charge in [-0.3, -0.25) is 0 Å². The first kappa shape index (κ1) is 21.7. The van der Waals surface area contributed by atoms with E-state index < -0.39 is 28.5 Å². The number of rotatable bonds is 9. The van der Waals surface area contributed by atoms with Gasteiger partial charge in [-0.25, -0.2) is 9.38 Å². The molecule has 8 heteroatoms. The number of aliphatic imine (C=N–C) groups is 1. The van der Waals surface area contributed by atoms with Gasteiger partial charge < -0.3 is 15.2 Å². The molecule has 2 aliphatic rings. The Labute approximate surface area is 178 Å². The maximum Gasteiger partial charge on any atom is 0.293 e. The first-order valence-corrected chi connectivity index (χ1v) is 10.6. The first-order chi connectivity index (χ1) is 13.9. The largest absolute Gasteiger partial charge is 0.386 e. The fourth-order valence-electron chi connectivity index (χ4n) is 4.27. The Morgan fingerprint density at radius 2 is 1.79 bits per heavy atom. The Bertz CT molecular complexity index is 899. The van der Waals surface area contributed by atoms with Gasteiger partial charge >= 0.3 is 0 Å². The van der Waals surface area contributed by atoms with E-state index in [1.165, 1.54) is 6.07 Å². The molecule has 1 saturated carbocycles. The zero-order chi connectivity index (χ0) is 21.3. The molecule has 3 unspecified atom stereocenters. The molecule has 1 heterocycles. The predicted octanol–water partition coefficient (Wildman–Crippen LogP) is 4.36. The number of fused-ring (bicyclic) bond motifs is 1. The lowest BCUT2D eigenvalue weighted by atomic mass is 9.93. The molecule has 1 aromatic rings. The molecular formula is C21H24BrFN4O2. The van der Waals surface area contributed by atoms with Gasteiger partial charge in [-0.05, 0) is 30.5 Å². The van der Waals surface area contributed by atoms with Crippen molar-refractivity contribution in [2.75, 3.05) is 13.2 Å². The molecule has 3 rings (SSSR count). The summed E-state index contributed by atoms with van der Waals surface area (Å²) in [4.78, 5) is 4.38. The fraction of sp³-hybridized carbons (Fsp3) is 0.571. The molecule has 0 radical (unpaired) electrons. The van der Waals surface area contributed by atoms with Crippen LogP contribution in [0, 0.1) is 39.3 Å². The van der Waals surface area contributed by atoms with Crippen molar-refractivity contribution in [3.63, 3.8) is 0 Å². The molecule has 1 aromatic carbocycles. The third-order valence-corrected chi connectivity index (χ3v) is 6.29. The molecule has 0 saturated heterocycles. The van der Waals surface area contributed by atoms with E-state index in [9.17, 15) is 14.9 Å². The minimum Gasteiger partial charge on any atom is -0.386 e. The summed E-state index contributed by atoms with van der Waals surface area (Å²) in [5.74, 6) is -3.12. The van der Waals surface area contributed by atoms with Crippen LogP contribution in [-0.4, -0.2) is 25.0 Å². The van der Waals surface area contributed by atoms with Gasteiger partial charge in [-0.1, -0.05) is 48.7 Å². The molecule has 0 aromatic heterocycles. The average molecular weight is 463 g/mol. The summed E-state index contributed by atoms with van der Waals surface area (Å²) in [6.07, 6.45) is 3.20. The lowest BCUT2D eigenvalue weighted by Gasteiger charge is -2.32. The summed E-state index contributed by atoms with van der Waals surface area (Å²) in [5, 5.41) is 20.4. The quantitative estimate of drug-likeness (QED) is 0.433. The van der Waals surface area contributed by atoms with E-state index in [0.717, 1.165) is 25.7 Å². The minimum atomic E-state index is -1.73. The third kappa shape index (κ3) is 2.89. The van der Waals surface area contributed by atoms with Gasteiger partial charge in [0.2, 0.25) is 0 Å². The van der Waals surface area contributed by atoms with E-state index in [1.54, 1.807) is 12.1 Å². The van der Waals surface area contributed by atoms with Crippen LogP contribution in [0.2, 0.25) is 0 Å². The number of halogens is 2. The Morgan fingerprint density at radius 3 is 2.28 bits per heavy atom. The number of benzene rings is 1. The van der Waals surface area contributed by atoms with Crippen LogP contribution in [0.1, 0.15) is 51.0 Å². The number of unbranched alkanes of at least 4 members (excludes halogenated alkanes) is 2. The molecule has 1 aliphatic carbocycles. The van der Waals surface area contributed by atoms with Gasteiger partial charge in [0, 0.05) is 10.4 Å². The molecule has 29 heavy (non-hydrogen) atoms. The highest BCUT2D eigenvalue weighted by atomic mass is 79.9. The number of hydrogen-bond acceptors (Lipinski definition) is 6. The SMILES string of the molecule is CCCCOC1(OCCCC)N=C(N)C2(C#N)C(c3ccc(Br)cc3F)C12C#N. The van der Waals surface area contributed by atoms with Gasteiger partial charge in [0.05, 0.1) is 25.4 Å². The third-order valence-electron chi connectivity index (χ3n) is 5.79. The van der Waals surface area contributed by atoms with E-state index in [0.29, 0.717) is 17.7 Å². The summed E-state index contributed by atoms with van der Waals surface area (Å²) in [6, 6.07) is 8.94. The Morgan fingerprint density at radius 1 is 1.17 bits per heavy atom. The molecule has 6 nitrogen and oxygen atoms in total. The van der Waals surface area contributed by atoms with Gasteiger partial charge in [0.1, 0.15) is 17.1 Å². The van der Waals surface area contributed by atoms with E-state index in [-0.39, 0.29) is 11.4 Å². The number of nitrogens with zero attached hydrogens (tertiary/aromatic N) is 3. The smallest absolute Gasteiger partial charge is 0.293 e. The Balaban J connectivity index is 2.13. The standard InChI is InChI=1S/C21H24BrFN4O2/c1-3-5-9-28-21(29-10-6-4-2)20(13-25)17(19(20,12-24)18(26)27-21)15-8-7-14(22)11-16(15)23/h7-8,11,17H,3-6,9-10H2,1-2H3,(H2,26,27). The number of amidine groups is 1. The lowest BCUT2D eigenvalue weighted by Crippen LogP contribution is -2.44. The molecule has 154 valence electrons. The molecule has 1 fully saturated rings. The zero-order valence-corrected chi connectivity index (χ0v) is 18.1. The summed E-state index contributed by atoms with van der Waals surface area (Å²) in [6.45, 7) is 4.60. The van der Waals surface area contributed by atoms with Crippen molar-refractivity contribution in [3.8, 4) is 12.1 Å². The molecule has 2 N–H and O–H groups in total. The summed E-state index contributed by atoms with van der Waals surface area (Å²) in [5.41, 5.74) is 3.40. The molecule has 0 bridgehead atoms. The van der Waals surface area contributed by atoms with Crippen molar-refractivity contribution >= 4 is 21.8 Å². The molecule has 3 atom stereocenters. The number of ether oxygens (including phenoxy) is 2. The fourth-order valence-corrected chi connectivity index (χ4v) is 4.60. The van der Waals surface area contributed by atoms with Crippen LogP contribution in [0.25, 0.3) is 0 Å². The van der Waals surface area contributed by atoms with Gasteiger partial charge in [-0.15, -0.1) is 0 Å². The van der Waals surface area contributed by atoms with E-state index in [1.807, 2.05) is 13.8 Å². The highest BCUT2D eigenvalue weighted by Crippen LogP contribution is 2.82. The monoisotopic (exact) mass is 462 g/mol. The van der Waals surface area contributed by atoms with Crippen LogP contribution < -0.4 is 5.73 Å². The van der Waals surface area contributed by atoms with Crippen LogP contribution in [0.5, 0.6) is 0 Å². The maximum absolute atomic E-state index is 14.8. The van der Waals surface area contributed by atoms with E-state index in [2.05, 4.69) is 33.1 Å². The first-order valence-electron chi connectivity index (χ1n) is 9.81. The molecule has 1 aliphatic heterocycles. The molecular weight excluding hydrogens is 439 g/mol. The topological polar surface area (TPSA) is 104 Å². The van der Waals surface area contributed by atoms with Crippen LogP contribution in [0.3, 0.4) is 0 Å². The van der Waals surface area contributed by atoms with Gasteiger partial charge in [-0.2, -0.15) is 10.5 Å². The molecule has 0 amide bonds. The van der Waals surface area contributed by atoms with Crippen molar-refractivity contribution in [2.24, 2.45) is 21.6 Å². The zero-order valence-electron chi connectivity index (χ0n) is 16.5. The van der Waals surface area contributed by atoms with Crippen molar-refractivity contribution in [1.82, 2.24) is 0 Å². The Hall–Kier alpha value is -2.00. The van der Waals surface area contributed by atoms with Gasteiger partial charge in [0.25, 0.3) is 5.91 Å². The van der Waals surface area contributed by atoms with E-state index >= 15 is 0 Å². The summed E-state index contributed by atoms with van der Waals surface area (Å²) < 4.78 is 27.5. The van der Waals surface area contributed by atoms with Crippen LogP contribution in [0.4, 0.5) is 4.39 Å². The number of hydrogen-bond donors (Lipinski definition) is 1. The van der Waals surface area contributed by atoms with Crippen LogP contribution in [0.15, 0.2) is 27.7 Å². The van der Waals surface area contributed by atoms with Gasteiger partial charge in [0.15, 0.2) is 5.41 Å². The van der Waals surface area contributed by atoms with Crippen LogP contribution >= 0.6 is 15.9 Å². The average Bonchev–Trinajstić information content (AvgIpc) is 3.26. The minimum absolute atomic E-state index is 0.0399. The predicted molar refractivity (Wildman–Crippen MR) is 109 cm³/mol. The normalized spacial score (nSPS) is 28.9. The summed E-state index contributed by atoms with van der Waals surface area (Å²) in [7, 11) is 0. The lowest BCUT2D eigenvalue weighted by molar-refractivity contribution is -0.260. The number of nitriles is 2. The summed E-state index contributed by atoms with van der Waals surface area (Å²) >= 11 is 3.24. The second kappa shape index (κ2) is 8.02. The van der Waals surface area contributed by atoms with Crippen molar-refractivity contribution in [2.45, 2.75) is 51.4 Å². The second-order valence-corrected chi connectivity index (χ2v) is 8.34. The van der Waals surface area contributed by atoms with E-state index in [4.69, 9.17) is 15.2 Å². The molecule has 0 spiro atoms. The number of nitrogens with two attached hydrogens (primary N) is 1. The highest BCUT2D eigenvalue weighted by Gasteiger charge is 2.94. The maximum atomic E-state index is 14.8. The van der Waals surface area contributed by atoms with Crippen LogP contribution in [-0.2, 0) is 9.47 Å². The highest BCUT2D eigenvalue weighted by molar-refractivity contribution is 9.10. The van der Waals surface area contributed by atoms with Crippen molar-refractivity contribution in [3.05, 3.63) is 34.1 Å². The second-order valence-electron chi connectivity index (χ2n) is 7.42. The van der Waals surface area contributed by atoms with Crippen molar-refractivity contribution < 1.29 is 13.9 Å². The van der Waals surface area contributed by atoms with Crippen molar-refractivity contribution in [1.29, 1.82) is 10.5 Å².